The van der Waals surface area contributed by atoms with Crippen LogP contribution in [0.15, 0.2) is 97.2 Å². The summed E-state index contributed by atoms with van der Waals surface area (Å²) in [5.41, 5.74) is 0. The molecule has 0 aromatic rings. The third-order valence-electron chi connectivity index (χ3n) is 10.4. The Bertz CT molecular complexity index is 1260. The predicted molar refractivity (Wildman–Crippen MR) is 265 cm³/mol. The lowest BCUT2D eigenvalue weighted by molar-refractivity contribution is -0.167. The Morgan fingerprint density at radius 1 is 0.355 bits per heavy atom. The van der Waals surface area contributed by atoms with Crippen LogP contribution in [0.25, 0.3) is 0 Å². The average Bonchev–Trinajstić information content (AvgIpc) is 3.27. The first-order valence-electron chi connectivity index (χ1n) is 25.3. The van der Waals surface area contributed by atoms with Crippen molar-refractivity contribution in [2.24, 2.45) is 0 Å². The van der Waals surface area contributed by atoms with Gasteiger partial charge in [-0.2, -0.15) is 0 Å². The number of ether oxygens (including phenoxy) is 3. The van der Waals surface area contributed by atoms with Crippen molar-refractivity contribution >= 4 is 17.9 Å². The van der Waals surface area contributed by atoms with E-state index in [-0.39, 0.29) is 37.5 Å². The minimum atomic E-state index is -0.812. The minimum Gasteiger partial charge on any atom is -0.462 e. The first kappa shape index (κ1) is 58.3. The van der Waals surface area contributed by atoms with Crippen LogP contribution in [0.5, 0.6) is 0 Å². The van der Waals surface area contributed by atoms with E-state index in [9.17, 15) is 14.4 Å². The Morgan fingerprint density at radius 3 is 1.23 bits per heavy atom. The van der Waals surface area contributed by atoms with Crippen LogP contribution < -0.4 is 0 Å². The minimum absolute atomic E-state index is 0.107. The van der Waals surface area contributed by atoms with Gasteiger partial charge in [0.1, 0.15) is 13.2 Å². The molecular formula is C56H92O6. The van der Waals surface area contributed by atoms with Crippen molar-refractivity contribution in [2.45, 2.75) is 226 Å². The number of carbonyl (C=O) groups excluding carboxylic acids is 3. The van der Waals surface area contributed by atoms with E-state index in [1.807, 2.05) is 54.7 Å². The van der Waals surface area contributed by atoms with Crippen LogP contribution in [0.1, 0.15) is 220 Å². The van der Waals surface area contributed by atoms with Crippen LogP contribution in [0.4, 0.5) is 0 Å². The van der Waals surface area contributed by atoms with Crippen LogP contribution in [0.2, 0.25) is 0 Å². The Kier molecular flexibility index (Phi) is 47.0. The monoisotopic (exact) mass is 861 g/mol. The Hall–Kier alpha value is -3.67. The molecule has 0 aromatic carbocycles. The fourth-order valence-electron chi connectivity index (χ4n) is 6.68. The number of allylic oxidation sites excluding steroid dienone is 16. The lowest BCUT2D eigenvalue weighted by Crippen LogP contribution is -2.30. The molecule has 0 radical (unpaired) electrons. The van der Waals surface area contributed by atoms with E-state index in [1.54, 1.807) is 0 Å². The van der Waals surface area contributed by atoms with Gasteiger partial charge in [0.2, 0.25) is 0 Å². The molecule has 0 fully saturated rings. The van der Waals surface area contributed by atoms with Crippen molar-refractivity contribution in [1.82, 2.24) is 0 Å². The molecule has 0 saturated carbocycles. The van der Waals surface area contributed by atoms with Crippen LogP contribution in [-0.2, 0) is 28.6 Å². The quantitative estimate of drug-likeness (QED) is 0.0200. The SMILES string of the molecule is CC\C=C/C=C\C=C/C=C\C=C/CCCC(=O)OCC(COC(=O)CCCCCCCCC/C=C\CCCCCCCC)OC(=O)CCCCCCCCC/C=C\C/C=C\CC. The number of carbonyl (C=O) groups is 3. The summed E-state index contributed by atoms with van der Waals surface area (Å²) in [6, 6.07) is 0. The highest BCUT2D eigenvalue weighted by Gasteiger charge is 2.19. The van der Waals surface area contributed by atoms with E-state index in [0.717, 1.165) is 70.6 Å². The van der Waals surface area contributed by atoms with Crippen molar-refractivity contribution in [2.75, 3.05) is 13.2 Å². The molecule has 0 amide bonds. The van der Waals surface area contributed by atoms with Gasteiger partial charge in [0.05, 0.1) is 0 Å². The normalized spacial score (nSPS) is 12.9. The molecule has 62 heavy (non-hydrogen) atoms. The number of unbranched alkanes of at least 4 members (excludes halogenated alkanes) is 21. The first-order valence-corrected chi connectivity index (χ1v) is 25.3. The highest BCUT2D eigenvalue weighted by atomic mass is 16.6. The summed E-state index contributed by atoms with van der Waals surface area (Å²) < 4.78 is 16.7. The molecule has 0 spiro atoms. The molecule has 1 atom stereocenters. The lowest BCUT2D eigenvalue weighted by Gasteiger charge is -2.18. The maximum absolute atomic E-state index is 12.8. The summed E-state index contributed by atoms with van der Waals surface area (Å²) in [6.45, 7) is 6.30. The van der Waals surface area contributed by atoms with Crippen molar-refractivity contribution in [1.29, 1.82) is 0 Å². The van der Waals surface area contributed by atoms with Crippen LogP contribution in [-0.4, -0.2) is 37.2 Å². The van der Waals surface area contributed by atoms with Gasteiger partial charge in [0.25, 0.3) is 0 Å². The Morgan fingerprint density at radius 2 is 0.726 bits per heavy atom. The molecule has 0 aliphatic rings. The number of hydrogen-bond donors (Lipinski definition) is 0. The molecule has 6 nitrogen and oxygen atoms in total. The summed E-state index contributed by atoms with van der Waals surface area (Å²) in [4.78, 5) is 37.9. The van der Waals surface area contributed by atoms with Crippen LogP contribution >= 0.6 is 0 Å². The second kappa shape index (κ2) is 50.0. The van der Waals surface area contributed by atoms with Gasteiger partial charge in [-0.15, -0.1) is 0 Å². The largest absolute Gasteiger partial charge is 0.462 e. The summed E-state index contributed by atoms with van der Waals surface area (Å²) in [5, 5.41) is 0. The Balaban J connectivity index is 4.48. The molecule has 0 heterocycles. The standard InChI is InChI=1S/C56H92O6/c1-4-7-10-13-16-19-22-25-27-28-29-32-34-37-40-43-46-49-55(58)61-52-53(51-60-54(57)48-45-42-39-36-33-30-24-21-18-15-12-9-6-3)62-56(59)50-47-44-41-38-35-31-26-23-20-17-14-11-8-5-2/h8-9,11-12,15,17-18,20-21,24-25,27,30,33,36,39,53H,4-7,10,13-14,16,19,22-23,26,28-29,31-32,34-35,37-38,40-52H2,1-3H3/b11-8-,12-9-,18-15-,20-17-,24-21-,27-25-,33-30-,39-36-. The molecule has 0 aromatic heterocycles. The number of rotatable bonds is 44. The molecule has 352 valence electrons. The first-order chi connectivity index (χ1) is 30.5. The molecule has 6 heteroatoms. The summed E-state index contributed by atoms with van der Waals surface area (Å²) in [6.07, 6.45) is 65.4. The maximum Gasteiger partial charge on any atom is 0.306 e. The van der Waals surface area contributed by atoms with Gasteiger partial charge in [-0.1, -0.05) is 214 Å². The maximum atomic E-state index is 12.8. The van der Waals surface area contributed by atoms with Crippen molar-refractivity contribution in [3.8, 4) is 0 Å². The zero-order chi connectivity index (χ0) is 45.1. The van der Waals surface area contributed by atoms with Crippen LogP contribution in [0, 0.1) is 0 Å². The summed E-state index contributed by atoms with van der Waals surface area (Å²) in [5.74, 6) is -1.00. The van der Waals surface area contributed by atoms with Crippen molar-refractivity contribution in [3.63, 3.8) is 0 Å². The highest BCUT2D eigenvalue weighted by molar-refractivity contribution is 5.71. The van der Waals surface area contributed by atoms with E-state index >= 15 is 0 Å². The van der Waals surface area contributed by atoms with Gasteiger partial charge < -0.3 is 14.2 Å². The van der Waals surface area contributed by atoms with Gasteiger partial charge in [0, 0.05) is 19.3 Å². The van der Waals surface area contributed by atoms with Gasteiger partial charge >= 0.3 is 17.9 Å². The average molecular weight is 861 g/mol. The fourth-order valence-corrected chi connectivity index (χ4v) is 6.68. The third kappa shape index (κ3) is 47.4. The van der Waals surface area contributed by atoms with Gasteiger partial charge in [-0.3, -0.25) is 14.4 Å². The topological polar surface area (TPSA) is 78.9 Å². The van der Waals surface area contributed by atoms with E-state index in [4.69, 9.17) is 14.2 Å². The predicted octanol–water partition coefficient (Wildman–Crippen LogP) is 16.6. The van der Waals surface area contributed by atoms with Crippen molar-refractivity contribution < 1.29 is 28.6 Å². The van der Waals surface area contributed by atoms with Crippen LogP contribution in [0.3, 0.4) is 0 Å². The number of hydrogen-bond acceptors (Lipinski definition) is 6. The summed E-state index contributed by atoms with van der Waals surface area (Å²) >= 11 is 0. The second-order valence-corrected chi connectivity index (χ2v) is 16.4. The fraction of sp³-hybridized carbons (Fsp3) is 0.661. The van der Waals surface area contributed by atoms with E-state index in [1.165, 1.54) is 103 Å². The second-order valence-electron chi connectivity index (χ2n) is 16.4. The molecule has 0 N–H and O–H groups in total. The Labute approximate surface area is 381 Å². The van der Waals surface area contributed by atoms with E-state index in [2.05, 4.69) is 63.3 Å². The molecule has 0 aliphatic heterocycles. The smallest absolute Gasteiger partial charge is 0.306 e. The molecular weight excluding hydrogens is 769 g/mol. The van der Waals surface area contributed by atoms with Gasteiger partial charge in [-0.25, -0.2) is 0 Å². The van der Waals surface area contributed by atoms with Crippen molar-refractivity contribution in [3.05, 3.63) is 97.2 Å². The zero-order valence-electron chi connectivity index (χ0n) is 40.1. The van der Waals surface area contributed by atoms with Gasteiger partial charge in [-0.05, 0) is 83.5 Å². The molecule has 1 unspecified atom stereocenters. The highest BCUT2D eigenvalue weighted by Crippen LogP contribution is 2.14. The van der Waals surface area contributed by atoms with E-state index in [0.29, 0.717) is 19.3 Å². The van der Waals surface area contributed by atoms with E-state index < -0.39 is 6.10 Å². The lowest BCUT2D eigenvalue weighted by atomic mass is 10.1. The zero-order valence-corrected chi connectivity index (χ0v) is 40.1. The number of esters is 3. The molecule has 0 saturated heterocycles. The molecule has 0 bridgehead atoms. The molecule has 0 rings (SSSR count). The van der Waals surface area contributed by atoms with Gasteiger partial charge in [0.15, 0.2) is 6.10 Å². The summed E-state index contributed by atoms with van der Waals surface area (Å²) in [7, 11) is 0. The molecule has 0 aliphatic carbocycles. The third-order valence-corrected chi connectivity index (χ3v) is 10.4.